The van der Waals surface area contributed by atoms with Crippen molar-refractivity contribution in [1.82, 2.24) is 15.1 Å². The third-order valence-electron chi connectivity index (χ3n) is 2.85. The molecular formula is C14H18ClN3O2. The monoisotopic (exact) mass is 295 g/mol. The predicted molar refractivity (Wildman–Crippen MR) is 77.9 cm³/mol. The van der Waals surface area contributed by atoms with Crippen LogP contribution in [-0.4, -0.2) is 34.1 Å². The number of nitrogens with one attached hydrogen (secondary N) is 1. The van der Waals surface area contributed by atoms with Crippen LogP contribution in [-0.2, 0) is 13.6 Å². The smallest absolute Gasteiger partial charge is 0.120 e. The van der Waals surface area contributed by atoms with E-state index in [0.29, 0.717) is 23.9 Å². The molecule has 0 saturated heterocycles. The van der Waals surface area contributed by atoms with Crippen molar-refractivity contribution in [3.05, 3.63) is 47.2 Å². The van der Waals surface area contributed by atoms with Crippen LogP contribution >= 0.6 is 11.6 Å². The highest BCUT2D eigenvalue weighted by molar-refractivity contribution is 6.30. The molecule has 2 N–H and O–H groups in total. The van der Waals surface area contributed by atoms with Gasteiger partial charge in [0.05, 0.1) is 5.69 Å². The Labute approximate surface area is 123 Å². The quantitative estimate of drug-likeness (QED) is 0.815. The van der Waals surface area contributed by atoms with Crippen LogP contribution in [0.1, 0.15) is 5.69 Å². The molecule has 108 valence electrons. The Morgan fingerprint density at radius 1 is 1.45 bits per heavy atom. The molecule has 20 heavy (non-hydrogen) atoms. The van der Waals surface area contributed by atoms with E-state index in [-0.39, 0.29) is 6.61 Å². The van der Waals surface area contributed by atoms with E-state index in [2.05, 4.69) is 10.4 Å². The molecule has 0 saturated carbocycles. The minimum atomic E-state index is -0.581. The van der Waals surface area contributed by atoms with E-state index in [1.54, 1.807) is 23.0 Å². The maximum atomic E-state index is 9.83. The maximum absolute atomic E-state index is 9.83. The summed E-state index contributed by atoms with van der Waals surface area (Å²) in [5, 5.41) is 17.7. The SMILES string of the molecule is Cn1nccc1CNCC(O)COc1cccc(Cl)c1. The topological polar surface area (TPSA) is 59.3 Å². The molecule has 1 aromatic carbocycles. The van der Waals surface area contributed by atoms with Gasteiger partial charge in [-0.15, -0.1) is 0 Å². The highest BCUT2D eigenvalue weighted by Gasteiger charge is 2.06. The minimum absolute atomic E-state index is 0.221. The first-order chi connectivity index (χ1) is 9.65. The number of ether oxygens (including phenoxy) is 1. The zero-order valence-electron chi connectivity index (χ0n) is 11.3. The first-order valence-corrected chi connectivity index (χ1v) is 6.77. The lowest BCUT2D eigenvalue weighted by molar-refractivity contribution is 0.106. The molecule has 0 amide bonds. The molecule has 0 radical (unpaired) electrons. The molecule has 1 unspecified atom stereocenters. The van der Waals surface area contributed by atoms with Crippen molar-refractivity contribution in [1.29, 1.82) is 0 Å². The van der Waals surface area contributed by atoms with Crippen LogP contribution in [0, 0.1) is 0 Å². The summed E-state index contributed by atoms with van der Waals surface area (Å²) in [6.07, 6.45) is 1.16. The summed E-state index contributed by atoms with van der Waals surface area (Å²) in [4.78, 5) is 0. The Balaban J connectivity index is 1.68. The first kappa shape index (κ1) is 14.8. The van der Waals surface area contributed by atoms with Crippen molar-refractivity contribution < 1.29 is 9.84 Å². The predicted octanol–water partition coefficient (Wildman–Crippen LogP) is 1.60. The van der Waals surface area contributed by atoms with E-state index >= 15 is 0 Å². The van der Waals surface area contributed by atoms with Crippen molar-refractivity contribution in [3.8, 4) is 5.75 Å². The van der Waals surface area contributed by atoms with Crippen LogP contribution in [0.15, 0.2) is 36.5 Å². The molecule has 0 bridgehead atoms. The summed E-state index contributed by atoms with van der Waals surface area (Å²) < 4.78 is 7.26. The molecule has 0 aliphatic heterocycles. The summed E-state index contributed by atoms with van der Waals surface area (Å²) in [6.45, 7) is 1.33. The number of aryl methyl sites for hydroxylation is 1. The second-order valence-corrected chi connectivity index (χ2v) is 4.94. The average Bonchev–Trinajstić information content (AvgIpc) is 2.82. The fourth-order valence-electron chi connectivity index (χ4n) is 1.75. The lowest BCUT2D eigenvalue weighted by Crippen LogP contribution is -2.31. The van der Waals surface area contributed by atoms with Gasteiger partial charge >= 0.3 is 0 Å². The number of aliphatic hydroxyl groups excluding tert-OH is 1. The van der Waals surface area contributed by atoms with E-state index in [0.717, 1.165) is 5.69 Å². The zero-order valence-corrected chi connectivity index (χ0v) is 12.0. The number of hydrogen-bond donors (Lipinski definition) is 2. The standard InChI is InChI=1S/C14H18ClN3O2/c1-18-12(5-6-17-18)8-16-9-13(19)10-20-14-4-2-3-11(15)7-14/h2-7,13,16,19H,8-10H2,1H3. The molecule has 1 aromatic heterocycles. The number of benzene rings is 1. The van der Waals surface area contributed by atoms with E-state index < -0.39 is 6.10 Å². The van der Waals surface area contributed by atoms with Gasteiger partial charge in [-0.3, -0.25) is 4.68 Å². The molecule has 2 aromatic rings. The number of aliphatic hydroxyl groups is 1. The van der Waals surface area contributed by atoms with Crippen molar-refractivity contribution in [2.75, 3.05) is 13.2 Å². The van der Waals surface area contributed by atoms with Crippen LogP contribution in [0.4, 0.5) is 0 Å². The van der Waals surface area contributed by atoms with Gasteiger partial charge in [0.2, 0.25) is 0 Å². The molecule has 2 rings (SSSR count). The third kappa shape index (κ3) is 4.52. The first-order valence-electron chi connectivity index (χ1n) is 6.39. The second kappa shape index (κ2) is 7.28. The normalized spacial score (nSPS) is 12.3. The molecular weight excluding hydrogens is 278 g/mol. The second-order valence-electron chi connectivity index (χ2n) is 4.50. The summed E-state index contributed by atoms with van der Waals surface area (Å²) in [5.41, 5.74) is 1.06. The summed E-state index contributed by atoms with van der Waals surface area (Å²) in [5.74, 6) is 0.656. The molecule has 0 fully saturated rings. The molecule has 0 spiro atoms. The highest BCUT2D eigenvalue weighted by atomic mass is 35.5. The largest absolute Gasteiger partial charge is 0.491 e. The summed E-state index contributed by atoms with van der Waals surface area (Å²) >= 11 is 5.85. The number of aromatic nitrogens is 2. The van der Waals surface area contributed by atoms with Gasteiger partial charge in [-0.05, 0) is 24.3 Å². The van der Waals surface area contributed by atoms with Crippen LogP contribution in [0.3, 0.4) is 0 Å². The maximum Gasteiger partial charge on any atom is 0.120 e. The average molecular weight is 296 g/mol. The van der Waals surface area contributed by atoms with Crippen molar-refractivity contribution >= 4 is 11.6 Å². The van der Waals surface area contributed by atoms with E-state index in [1.165, 1.54) is 0 Å². The molecule has 0 aliphatic carbocycles. The van der Waals surface area contributed by atoms with E-state index in [9.17, 15) is 5.11 Å². The third-order valence-corrected chi connectivity index (χ3v) is 3.08. The van der Waals surface area contributed by atoms with Crippen molar-refractivity contribution in [2.24, 2.45) is 7.05 Å². The zero-order chi connectivity index (χ0) is 14.4. The fraction of sp³-hybridized carbons (Fsp3) is 0.357. The number of halogens is 1. The van der Waals surface area contributed by atoms with Gasteiger partial charge in [-0.2, -0.15) is 5.10 Å². The lowest BCUT2D eigenvalue weighted by Gasteiger charge is -2.13. The summed E-state index contributed by atoms with van der Waals surface area (Å²) in [6, 6.07) is 9.05. The molecule has 6 heteroatoms. The Hall–Kier alpha value is -1.56. The van der Waals surface area contributed by atoms with Gasteiger partial charge in [-0.1, -0.05) is 17.7 Å². The van der Waals surface area contributed by atoms with Gasteiger partial charge in [0, 0.05) is 31.4 Å². The number of rotatable bonds is 7. The van der Waals surface area contributed by atoms with Gasteiger partial charge in [0.15, 0.2) is 0 Å². The van der Waals surface area contributed by atoms with Gasteiger partial charge in [0.1, 0.15) is 18.5 Å². The Bertz CT molecular complexity index is 545. The fourth-order valence-corrected chi connectivity index (χ4v) is 1.93. The Morgan fingerprint density at radius 2 is 2.30 bits per heavy atom. The van der Waals surface area contributed by atoms with Crippen LogP contribution in [0.25, 0.3) is 0 Å². The van der Waals surface area contributed by atoms with Gasteiger partial charge in [0.25, 0.3) is 0 Å². The Kier molecular flexibility index (Phi) is 5.40. The highest BCUT2D eigenvalue weighted by Crippen LogP contribution is 2.17. The van der Waals surface area contributed by atoms with Gasteiger partial charge in [-0.25, -0.2) is 0 Å². The lowest BCUT2D eigenvalue weighted by atomic mass is 10.3. The summed E-state index contributed by atoms with van der Waals surface area (Å²) in [7, 11) is 1.88. The van der Waals surface area contributed by atoms with Crippen LogP contribution in [0.2, 0.25) is 5.02 Å². The molecule has 0 aliphatic rings. The minimum Gasteiger partial charge on any atom is -0.491 e. The van der Waals surface area contributed by atoms with Crippen LogP contribution in [0.5, 0.6) is 5.75 Å². The van der Waals surface area contributed by atoms with Crippen molar-refractivity contribution in [2.45, 2.75) is 12.6 Å². The van der Waals surface area contributed by atoms with E-state index in [4.69, 9.17) is 16.3 Å². The molecule has 1 heterocycles. The Morgan fingerprint density at radius 3 is 3.00 bits per heavy atom. The van der Waals surface area contributed by atoms with Gasteiger partial charge < -0.3 is 15.2 Å². The number of nitrogens with zero attached hydrogens (tertiary/aromatic N) is 2. The molecule has 1 atom stereocenters. The van der Waals surface area contributed by atoms with Crippen LogP contribution < -0.4 is 10.1 Å². The van der Waals surface area contributed by atoms with E-state index in [1.807, 2.05) is 25.2 Å². The number of hydrogen-bond acceptors (Lipinski definition) is 4. The van der Waals surface area contributed by atoms with Crippen molar-refractivity contribution in [3.63, 3.8) is 0 Å². The molecule has 5 nitrogen and oxygen atoms in total.